The highest BCUT2D eigenvalue weighted by Gasteiger charge is 2.22. The van der Waals surface area contributed by atoms with Crippen molar-refractivity contribution in [1.82, 2.24) is 0 Å². The fourth-order valence-corrected chi connectivity index (χ4v) is 4.19. The fourth-order valence-electron chi connectivity index (χ4n) is 3.12. The van der Waals surface area contributed by atoms with Crippen molar-refractivity contribution in [2.75, 3.05) is 31.0 Å². The summed E-state index contributed by atoms with van der Waals surface area (Å²) in [6.45, 7) is 5.41. The molecule has 2 N–H and O–H groups in total. The molecule has 0 aliphatic carbocycles. The van der Waals surface area contributed by atoms with Crippen molar-refractivity contribution >= 4 is 39.8 Å². The molecule has 0 fully saturated rings. The van der Waals surface area contributed by atoms with Gasteiger partial charge in [-0.1, -0.05) is 12.1 Å². The number of ether oxygens (including phenoxy) is 3. The Bertz CT molecular complexity index is 1190. The summed E-state index contributed by atoms with van der Waals surface area (Å²) >= 11 is 1.31. The molecule has 1 aromatic heterocycles. The molecule has 0 radical (unpaired) electrons. The van der Waals surface area contributed by atoms with Crippen LogP contribution in [0, 0.1) is 13.8 Å². The van der Waals surface area contributed by atoms with E-state index >= 15 is 0 Å². The summed E-state index contributed by atoms with van der Waals surface area (Å²) in [4.78, 5) is 38.1. The SMILES string of the molecule is CCOC(=O)c1c(NC(=O)COc2ccc(C(=O)Nc3ccccc3OC)cc2)sc(C)c1C. The molecule has 0 saturated carbocycles. The zero-order chi connectivity index (χ0) is 24.7. The molecule has 0 saturated heterocycles. The van der Waals surface area contributed by atoms with Crippen LogP contribution in [0.15, 0.2) is 48.5 Å². The summed E-state index contributed by atoms with van der Waals surface area (Å²) in [5, 5.41) is 5.96. The Hall–Kier alpha value is -3.85. The molecule has 3 rings (SSSR count). The van der Waals surface area contributed by atoms with Gasteiger partial charge in [0.2, 0.25) is 0 Å². The Balaban J connectivity index is 1.58. The smallest absolute Gasteiger partial charge is 0.341 e. The Morgan fingerprint density at radius 3 is 2.35 bits per heavy atom. The van der Waals surface area contributed by atoms with E-state index in [-0.39, 0.29) is 19.1 Å². The van der Waals surface area contributed by atoms with Crippen LogP contribution in [0.4, 0.5) is 10.7 Å². The van der Waals surface area contributed by atoms with Crippen LogP contribution in [0.5, 0.6) is 11.5 Å². The average Bonchev–Trinajstić information content (AvgIpc) is 3.11. The number of rotatable bonds is 9. The van der Waals surface area contributed by atoms with E-state index in [9.17, 15) is 14.4 Å². The number of nitrogens with one attached hydrogen (secondary N) is 2. The highest BCUT2D eigenvalue weighted by molar-refractivity contribution is 7.16. The molecule has 0 aliphatic heterocycles. The molecule has 0 unspecified atom stereocenters. The predicted octanol–water partition coefficient (Wildman–Crippen LogP) is 4.82. The van der Waals surface area contributed by atoms with Crippen molar-refractivity contribution in [2.24, 2.45) is 0 Å². The number of carbonyl (C=O) groups excluding carboxylic acids is 3. The largest absolute Gasteiger partial charge is 0.495 e. The molecular formula is C25H26N2O6S. The van der Waals surface area contributed by atoms with Crippen molar-refractivity contribution in [1.29, 1.82) is 0 Å². The molecule has 3 aromatic rings. The van der Waals surface area contributed by atoms with Gasteiger partial charge in [0.15, 0.2) is 6.61 Å². The van der Waals surface area contributed by atoms with E-state index in [1.54, 1.807) is 49.4 Å². The number of methoxy groups -OCH3 is 1. The summed E-state index contributed by atoms with van der Waals surface area (Å²) < 4.78 is 15.9. The Morgan fingerprint density at radius 2 is 1.68 bits per heavy atom. The maximum Gasteiger partial charge on any atom is 0.341 e. The first kappa shape index (κ1) is 24.8. The lowest BCUT2D eigenvalue weighted by Crippen LogP contribution is -2.21. The predicted molar refractivity (Wildman–Crippen MR) is 131 cm³/mol. The first-order valence-electron chi connectivity index (χ1n) is 10.6. The number of para-hydroxylation sites is 2. The number of benzene rings is 2. The van der Waals surface area contributed by atoms with E-state index in [4.69, 9.17) is 14.2 Å². The van der Waals surface area contributed by atoms with Gasteiger partial charge in [-0.3, -0.25) is 9.59 Å². The maximum atomic E-state index is 12.5. The van der Waals surface area contributed by atoms with Crippen molar-refractivity contribution in [3.05, 3.63) is 70.1 Å². The van der Waals surface area contributed by atoms with Gasteiger partial charge in [-0.15, -0.1) is 11.3 Å². The molecule has 0 aliphatic rings. The summed E-state index contributed by atoms with van der Waals surface area (Å²) in [6, 6.07) is 13.5. The van der Waals surface area contributed by atoms with Gasteiger partial charge in [0.1, 0.15) is 16.5 Å². The average molecular weight is 483 g/mol. The van der Waals surface area contributed by atoms with Gasteiger partial charge in [-0.05, 0) is 62.7 Å². The van der Waals surface area contributed by atoms with Gasteiger partial charge in [0, 0.05) is 10.4 Å². The van der Waals surface area contributed by atoms with Crippen molar-refractivity contribution in [2.45, 2.75) is 20.8 Å². The Morgan fingerprint density at radius 1 is 0.971 bits per heavy atom. The maximum absolute atomic E-state index is 12.5. The van der Waals surface area contributed by atoms with E-state index in [2.05, 4.69) is 10.6 Å². The minimum absolute atomic E-state index is 0.247. The Kier molecular flexibility index (Phi) is 8.26. The zero-order valence-corrected chi connectivity index (χ0v) is 20.2. The molecular weight excluding hydrogens is 456 g/mol. The molecule has 2 aromatic carbocycles. The van der Waals surface area contributed by atoms with Crippen LogP contribution < -0.4 is 20.1 Å². The van der Waals surface area contributed by atoms with E-state index in [1.807, 2.05) is 19.9 Å². The van der Waals surface area contributed by atoms with E-state index in [1.165, 1.54) is 18.4 Å². The van der Waals surface area contributed by atoms with Gasteiger partial charge in [0.25, 0.3) is 11.8 Å². The number of amides is 2. The minimum atomic E-state index is -0.470. The molecule has 1 heterocycles. The van der Waals surface area contributed by atoms with Crippen LogP contribution >= 0.6 is 11.3 Å². The van der Waals surface area contributed by atoms with Gasteiger partial charge >= 0.3 is 5.97 Å². The van der Waals surface area contributed by atoms with Crippen molar-refractivity contribution in [3.8, 4) is 11.5 Å². The number of hydrogen-bond donors (Lipinski definition) is 2. The molecule has 34 heavy (non-hydrogen) atoms. The second kappa shape index (κ2) is 11.3. The van der Waals surface area contributed by atoms with E-state index in [0.29, 0.717) is 33.3 Å². The summed E-state index contributed by atoms with van der Waals surface area (Å²) in [7, 11) is 1.53. The third-order valence-corrected chi connectivity index (χ3v) is 6.08. The topological polar surface area (TPSA) is 103 Å². The standard InChI is InChI=1S/C25H26N2O6S/c1-5-32-25(30)22-15(2)16(3)34-24(22)27-21(28)14-33-18-12-10-17(11-13-18)23(29)26-19-8-6-7-9-20(19)31-4/h6-13H,5,14H2,1-4H3,(H,26,29)(H,27,28). The van der Waals surface area contributed by atoms with E-state index in [0.717, 1.165) is 10.4 Å². The fraction of sp³-hybridized carbons (Fsp3) is 0.240. The molecule has 8 nitrogen and oxygen atoms in total. The first-order chi connectivity index (χ1) is 16.3. The molecule has 0 spiro atoms. The molecule has 9 heteroatoms. The summed E-state index contributed by atoms with van der Waals surface area (Å²) in [5.41, 5.74) is 2.13. The molecule has 178 valence electrons. The molecule has 0 atom stereocenters. The number of aryl methyl sites for hydroxylation is 1. The number of anilines is 2. The third-order valence-electron chi connectivity index (χ3n) is 4.96. The van der Waals surface area contributed by atoms with Gasteiger partial charge in [0.05, 0.1) is 25.0 Å². The third kappa shape index (κ3) is 5.93. The Labute approximate surface area is 201 Å². The van der Waals surface area contributed by atoms with Gasteiger partial charge < -0.3 is 24.8 Å². The van der Waals surface area contributed by atoms with Crippen LogP contribution in [-0.2, 0) is 9.53 Å². The van der Waals surface area contributed by atoms with Crippen LogP contribution in [0.3, 0.4) is 0 Å². The number of esters is 1. The highest BCUT2D eigenvalue weighted by atomic mass is 32.1. The van der Waals surface area contributed by atoms with Crippen LogP contribution in [-0.4, -0.2) is 38.1 Å². The normalized spacial score (nSPS) is 10.4. The minimum Gasteiger partial charge on any atom is -0.495 e. The number of carbonyl (C=O) groups is 3. The van der Waals surface area contributed by atoms with Crippen LogP contribution in [0.1, 0.15) is 38.1 Å². The van der Waals surface area contributed by atoms with Crippen molar-refractivity contribution < 1.29 is 28.6 Å². The molecule has 0 bridgehead atoms. The van der Waals surface area contributed by atoms with Crippen LogP contribution in [0.25, 0.3) is 0 Å². The second-order valence-electron chi connectivity index (χ2n) is 7.22. The lowest BCUT2D eigenvalue weighted by atomic mass is 10.1. The van der Waals surface area contributed by atoms with Gasteiger partial charge in [-0.25, -0.2) is 4.79 Å². The summed E-state index contributed by atoms with van der Waals surface area (Å²) in [5.74, 6) is -0.201. The van der Waals surface area contributed by atoms with E-state index < -0.39 is 11.9 Å². The van der Waals surface area contributed by atoms with Gasteiger partial charge in [-0.2, -0.15) is 0 Å². The van der Waals surface area contributed by atoms with Crippen LogP contribution in [0.2, 0.25) is 0 Å². The van der Waals surface area contributed by atoms with Crippen molar-refractivity contribution in [3.63, 3.8) is 0 Å². The lowest BCUT2D eigenvalue weighted by Gasteiger charge is -2.11. The highest BCUT2D eigenvalue weighted by Crippen LogP contribution is 2.33. The quantitative estimate of drug-likeness (QED) is 0.424. The lowest BCUT2D eigenvalue weighted by molar-refractivity contribution is -0.118. The zero-order valence-electron chi connectivity index (χ0n) is 19.4. The number of thiophene rings is 1. The summed E-state index contributed by atoms with van der Waals surface area (Å²) in [6.07, 6.45) is 0. The monoisotopic (exact) mass is 482 g/mol. The number of hydrogen-bond acceptors (Lipinski definition) is 7. The first-order valence-corrected chi connectivity index (χ1v) is 11.4. The molecule has 2 amide bonds. The second-order valence-corrected chi connectivity index (χ2v) is 8.45.